The Morgan fingerprint density at radius 1 is 1.40 bits per heavy atom. The van der Waals surface area contributed by atoms with Gasteiger partial charge in [-0.25, -0.2) is 4.39 Å². The van der Waals surface area contributed by atoms with Crippen molar-refractivity contribution in [2.45, 2.75) is 6.42 Å². The first kappa shape index (κ1) is 15.0. The summed E-state index contributed by atoms with van der Waals surface area (Å²) >= 11 is 4.82. The van der Waals surface area contributed by atoms with E-state index in [0.29, 0.717) is 16.8 Å². The number of carbonyl (C=O) groups is 1. The Balaban J connectivity index is 1.72. The van der Waals surface area contributed by atoms with Crippen molar-refractivity contribution in [3.05, 3.63) is 50.9 Å². The molecule has 0 spiro atoms. The van der Waals surface area contributed by atoms with E-state index in [0.717, 1.165) is 6.42 Å². The normalized spacial score (nSPS) is 10.3. The van der Waals surface area contributed by atoms with Crippen LogP contribution < -0.4 is 10.1 Å². The second-order valence-electron chi connectivity index (χ2n) is 4.09. The van der Waals surface area contributed by atoms with Crippen LogP contribution in [0.3, 0.4) is 0 Å². The highest BCUT2D eigenvalue weighted by Crippen LogP contribution is 2.25. The highest BCUT2D eigenvalue weighted by atomic mass is 79.9. The number of thiophene rings is 1. The lowest BCUT2D eigenvalue weighted by Gasteiger charge is -2.08. The van der Waals surface area contributed by atoms with Crippen molar-refractivity contribution in [1.29, 1.82) is 0 Å². The van der Waals surface area contributed by atoms with E-state index in [1.807, 2.05) is 11.4 Å². The molecule has 0 saturated heterocycles. The Hall–Kier alpha value is -1.40. The second kappa shape index (κ2) is 7.40. The van der Waals surface area contributed by atoms with Crippen LogP contribution in [0.4, 0.5) is 4.39 Å². The molecule has 0 unspecified atom stereocenters. The first-order valence-electron chi connectivity index (χ1n) is 6.01. The van der Waals surface area contributed by atoms with Gasteiger partial charge in [-0.15, -0.1) is 0 Å². The number of nitrogens with one attached hydrogen (secondary N) is 1. The zero-order valence-electron chi connectivity index (χ0n) is 10.6. The number of hydrogen-bond donors (Lipinski definition) is 1. The van der Waals surface area contributed by atoms with E-state index in [1.54, 1.807) is 11.3 Å². The lowest BCUT2D eigenvalue weighted by molar-refractivity contribution is -0.123. The van der Waals surface area contributed by atoms with E-state index >= 15 is 0 Å². The van der Waals surface area contributed by atoms with E-state index < -0.39 is 0 Å². The van der Waals surface area contributed by atoms with Crippen LogP contribution in [-0.4, -0.2) is 19.1 Å². The Labute approximate surface area is 128 Å². The number of rotatable bonds is 6. The van der Waals surface area contributed by atoms with Gasteiger partial charge in [0.15, 0.2) is 6.61 Å². The summed E-state index contributed by atoms with van der Waals surface area (Å²) in [6, 6.07) is 6.10. The number of hydrogen-bond acceptors (Lipinski definition) is 3. The van der Waals surface area contributed by atoms with Gasteiger partial charge in [-0.2, -0.15) is 11.3 Å². The van der Waals surface area contributed by atoms with E-state index in [4.69, 9.17) is 4.74 Å². The summed E-state index contributed by atoms with van der Waals surface area (Å²) in [6.07, 6.45) is 0.801. The summed E-state index contributed by atoms with van der Waals surface area (Å²) in [5.74, 6) is -0.111. The van der Waals surface area contributed by atoms with Crippen LogP contribution in [0.5, 0.6) is 5.75 Å². The minimum atomic E-state index is -0.357. The molecule has 0 bridgehead atoms. The molecular formula is C14H13BrFNO2S. The van der Waals surface area contributed by atoms with Crippen LogP contribution in [0.25, 0.3) is 0 Å². The highest BCUT2D eigenvalue weighted by molar-refractivity contribution is 9.10. The number of ether oxygens (including phenoxy) is 1. The van der Waals surface area contributed by atoms with Gasteiger partial charge in [-0.05, 0) is 62.9 Å². The van der Waals surface area contributed by atoms with Gasteiger partial charge in [0, 0.05) is 6.54 Å². The molecule has 3 nitrogen and oxygen atoms in total. The predicted octanol–water partition coefficient (Wildman–Crippen LogP) is 3.39. The molecule has 1 amide bonds. The third-order valence-corrected chi connectivity index (χ3v) is 3.92. The first-order valence-corrected chi connectivity index (χ1v) is 7.74. The molecule has 106 valence electrons. The smallest absolute Gasteiger partial charge is 0.257 e. The van der Waals surface area contributed by atoms with E-state index in [-0.39, 0.29) is 18.3 Å². The summed E-state index contributed by atoms with van der Waals surface area (Å²) in [5.41, 5.74) is 1.21. The first-order chi connectivity index (χ1) is 9.65. The molecule has 2 aromatic rings. The molecule has 0 saturated carbocycles. The van der Waals surface area contributed by atoms with Crippen molar-refractivity contribution in [3.63, 3.8) is 0 Å². The molecule has 0 aliphatic rings. The Kier molecular flexibility index (Phi) is 5.55. The fourth-order valence-electron chi connectivity index (χ4n) is 1.57. The quantitative estimate of drug-likeness (QED) is 0.860. The van der Waals surface area contributed by atoms with Gasteiger partial charge in [-0.3, -0.25) is 4.79 Å². The third-order valence-electron chi connectivity index (χ3n) is 2.57. The van der Waals surface area contributed by atoms with Crippen LogP contribution in [0.2, 0.25) is 0 Å². The van der Waals surface area contributed by atoms with Crippen LogP contribution in [0, 0.1) is 5.82 Å². The largest absolute Gasteiger partial charge is 0.483 e. The molecule has 6 heteroatoms. The van der Waals surface area contributed by atoms with Gasteiger partial charge in [-0.1, -0.05) is 0 Å². The van der Waals surface area contributed by atoms with Crippen LogP contribution in [-0.2, 0) is 11.2 Å². The maximum atomic E-state index is 12.9. The Morgan fingerprint density at radius 2 is 2.25 bits per heavy atom. The SMILES string of the molecule is O=C(COc1ccc(F)cc1Br)NCCc1ccsc1. The van der Waals surface area contributed by atoms with Gasteiger partial charge in [0.1, 0.15) is 11.6 Å². The summed E-state index contributed by atoms with van der Waals surface area (Å²) in [6.45, 7) is 0.484. The van der Waals surface area contributed by atoms with E-state index in [9.17, 15) is 9.18 Å². The summed E-state index contributed by atoms with van der Waals surface area (Å²) in [7, 11) is 0. The van der Waals surface area contributed by atoms with E-state index in [1.165, 1.54) is 23.8 Å². The summed E-state index contributed by atoms with van der Waals surface area (Å²) in [4.78, 5) is 11.6. The number of amides is 1. The number of benzene rings is 1. The van der Waals surface area contributed by atoms with Crippen LogP contribution in [0.15, 0.2) is 39.5 Å². The standard InChI is InChI=1S/C14H13BrFNO2S/c15-12-7-11(16)1-2-13(12)19-8-14(18)17-5-3-10-4-6-20-9-10/h1-2,4,6-7,9H,3,5,8H2,(H,17,18). The van der Waals surface area contributed by atoms with Crippen molar-refractivity contribution in [1.82, 2.24) is 5.32 Å². The van der Waals surface area contributed by atoms with Gasteiger partial charge < -0.3 is 10.1 Å². The second-order valence-corrected chi connectivity index (χ2v) is 5.73. The van der Waals surface area contributed by atoms with Gasteiger partial charge in [0.05, 0.1) is 4.47 Å². The van der Waals surface area contributed by atoms with Crippen LogP contribution >= 0.6 is 27.3 Å². The Morgan fingerprint density at radius 3 is 2.95 bits per heavy atom. The fourth-order valence-corrected chi connectivity index (χ4v) is 2.74. The van der Waals surface area contributed by atoms with Crippen molar-refractivity contribution in [3.8, 4) is 5.75 Å². The summed E-state index contributed by atoms with van der Waals surface area (Å²) < 4.78 is 18.7. The lowest BCUT2D eigenvalue weighted by atomic mass is 10.2. The van der Waals surface area contributed by atoms with Crippen molar-refractivity contribution < 1.29 is 13.9 Å². The molecule has 1 heterocycles. The molecule has 0 fully saturated rings. The minimum absolute atomic E-state index is 0.0894. The molecule has 20 heavy (non-hydrogen) atoms. The monoisotopic (exact) mass is 357 g/mol. The maximum Gasteiger partial charge on any atom is 0.257 e. The van der Waals surface area contributed by atoms with Crippen molar-refractivity contribution in [2.24, 2.45) is 0 Å². The molecular weight excluding hydrogens is 345 g/mol. The Bertz CT molecular complexity index is 575. The zero-order chi connectivity index (χ0) is 14.4. The number of halogens is 2. The van der Waals surface area contributed by atoms with Crippen molar-refractivity contribution in [2.75, 3.05) is 13.2 Å². The average Bonchev–Trinajstić information content (AvgIpc) is 2.91. The maximum absolute atomic E-state index is 12.9. The minimum Gasteiger partial charge on any atom is -0.483 e. The molecule has 0 aliphatic heterocycles. The third kappa shape index (κ3) is 4.61. The molecule has 1 aromatic carbocycles. The molecule has 1 N–H and O–H groups in total. The van der Waals surface area contributed by atoms with E-state index in [2.05, 4.69) is 26.6 Å². The van der Waals surface area contributed by atoms with Gasteiger partial charge >= 0.3 is 0 Å². The zero-order valence-corrected chi connectivity index (χ0v) is 13.0. The lowest BCUT2D eigenvalue weighted by Crippen LogP contribution is -2.30. The highest BCUT2D eigenvalue weighted by Gasteiger charge is 2.06. The topological polar surface area (TPSA) is 38.3 Å². The summed E-state index contributed by atoms with van der Waals surface area (Å²) in [5, 5.41) is 6.83. The predicted molar refractivity (Wildman–Crippen MR) is 80.6 cm³/mol. The molecule has 0 aliphatic carbocycles. The number of carbonyl (C=O) groups excluding carboxylic acids is 1. The molecule has 0 atom stereocenters. The molecule has 0 radical (unpaired) electrons. The average molecular weight is 358 g/mol. The molecule has 1 aromatic heterocycles. The molecule has 2 rings (SSSR count). The van der Waals surface area contributed by atoms with Crippen molar-refractivity contribution >= 4 is 33.2 Å². The van der Waals surface area contributed by atoms with Crippen LogP contribution in [0.1, 0.15) is 5.56 Å². The van der Waals surface area contributed by atoms with Gasteiger partial charge in [0.25, 0.3) is 5.91 Å². The fraction of sp³-hybridized carbons (Fsp3) is 0.214. The van der Waals surface area contributed by atoms with Gasteiger partial charge in [0.2, 0.25) is 0 Å².